The van der Waals surface area contributed by atoms with Gasteiger partial charge in [0.25, 0.3) is 5.91 Å². The molecule has 0 aliphatic heterocycles. The number of nitrogens with one attached hydrogen (secondary N) is 1. The van der Waals surface area contributed by atoms with Crippen LogP contribution in [0.2, 0.25) is 0 Å². The Hall–Kier alpha value is -3.74. The van der Waals surface area contributed by atoms with Crippen molar-refractivity contribution in [3.63, 3.8) is 0 Å². The average Bonchev–Trinajstić information content (AvgIpc) is 3.38. The number of hydrogen-bond donors (Lipinski definition) is 1. The lowest BCUT2D eigenvalue weighted by Crippen LogP contribution is -2.13. The van der Waals surface area contributed by atoms with E-state index in [9.17, 15) is 4.79 Å². The van der Waals surface area contributed by atoms with Crippen LogP contribution in [-0.2, 0) is 0 Å². The third-order valence-corrected chi connectivity index (χ3v) is 4.60. The van der Waals surface area contributed by atoms with E-state index < -0.39 is 0 Å². The smallest absolute Gasteiger partial charge is 0.263 e. The summed E-state index contributed by atoms with van der Waals surface area (Å²) >= 11 is 0. The maximum Gasteiger partial charge on any atom is 0.263 e. The minimum absolute atomic E-state index is 0.253. The minimum atomic E-state index is -0.253. The number of ether oxygens (including phenoxy) is 3. The Labute approximate surface area is 161 Å². The molecule has 0 spiro atoms. The Balaban J connectivity index is 1.82. The van der Waals surface area contributed by atoms with E-state index in [1.165, 1.54) is 25.9 Å². The Morgan fingerprint density at radius 2 is 1.75 bits per heavy atom. The average molecular weight is 377 g/mol. The van der Waals surface area contributed by atoms with Crippen LogP contribution in [0.15, 0.2) is 55.0 Å². The highest BCUT2D eigenvalue weighted by molar-refractivity contribution is 6.01. The first-order chi connectivity index (χ1) is 13.7. The van der Waals surface area contributed by atoms with Gasteiger partial charge in [0.05, 0.1) is 21.3 Å². The third kappa shape index (κ3) is 2.77. The van der Waals surface area contributed by atoms with Crippen LogP contribution >= 0.6 is 0 Å². The fraction of sp³-hybridized carbons (Fsp3) is 0.143. The molecule has 0 amide bonds. The second-order valence-corrected chi connectivity index (χ2v) is 6.09. The van der Waals surface area contributed by atoms with Crippen molar-refractivity contribution in [2.45, 2.75) is 0 Å². The van der Waals surface area contributed by atoms with Gasteiger partial charge in [-0.05, 0) is 18.2 Å². The first kappa shape index (κ1) is 17.7. The number of imidazole rings is 1. The molecule has 142 valence electrons. The van der Waals surface area contributed by atoms with Crippen molar-refractivity contribution in [2.24, 2.45) is 0 Å². The number of aromatic nitrogens is 3. The number of para-hydroxylation sites is 1. The van der Waals surface area contributed by atoms with Crippen molar-refractivity contribution >= 4 is 16.8 Å². The molecule has 0 saturated heterocycles. The third-order valence-electron chi connectivity index (χ3n) is 4.60. The highest BCUT2D eigenvalue weighted by atomic mass is 16.5. The number of carbonyl (C=O) groups is 1. The lowest BCUT2D eigenvalue weighted by atomic mass is 10.1. The maximum atomic E-state index is 13.3. The first-order valence-electron chi connectivity index (χ1n) is 8.62. The number of rotatable bonds is 5. The molecule has 0 aliphatic rings. The number of nitrogens with zero attached hydrogens (tertiary/aromatic N) is 2. The fourth-order valence-electron chi connectivity index (χ4n) is 3.27. The van der Waals surface area contributed by atoms with E-state index in [4.69, 9.17) is 14.2 Å². The lowest BCUT2D eigenvalue weighted by molar-refractivity contribution is 0.0961. The van der Waals surface area contributed by atoms with Gasteiger partial charge in [-0.1, -0.05) is 18.2 Å². The van der Waals surface area contributed by atoms with E-state index in [2.05, 4.69) is 9.97 Å². The molecule has 0 bridgehead atoms. The normalized spacial score (nSPS) is 10.8. The van der Waals surface area contributed by atoms with Gasteiger partial charge in [0.1, 0.15) is 5.82 Å². The molecule has 2 aromatic carbocycles. The number of H-pyrrole nitrogens is 1. The number of methoxy groups -OCH3 is 3. The largest absolute Gasteiger partial charge is 0.493 e. The Kier molecular flexibility index (Phi) is 4.49. The van der Waals surface area contributed by atoms with Crippen LogP contribution in [0.3, 0.4) is 0 Å². The van der Waals surface area contributed by atoms with Gasteiger partial charge < -0.3 is 19.2 Å². The van der Waals surface area contributed by atoms with Crippen molar-refractivity contribution in [1.82, 2.24) is 14.5 Å². The minimum Gasteiger partial charge on any atom is -0.493 e. The molecule has 7 heteroatoms. The van der Waals surface area contributed by atoms with Crippen LogP contribution in [-0.4, -0.2) is 41.8 Å². The van der Waals surface area contributed by atoms with Crippen LogP contribution in [0, 0.1) is 0 Å². The molecule has 0 radical (unpaired) electrons. The topological polar surface area (TPSA) is 78.4 Å². The van der Waals surface area contributed by atoms with Crippen molar-refractivity contribution in [2.75, 3.05) is 21.3 Å². The van der Waals surface area contributed by atoms with Gasteiger partial charge in [0, 0.05) is 40.6 Å². The van der Waals surface area contributed by atoms with Crippen molar-refractivity contribution < 1.29 is 19.0 Å². The molecule has 4 aromatic rings. The predicted octanol–water partition coefficient (Wildman–Crippen LogP) is 3.75. The molecule has 0 unspecified atom stereocenters. The van der Waals surface area contributed by atoms with Crippen molar-refractivity contribution in [1.29, 1.82) is 0 Å². The van der Waals surface area contributed by atoms with Gasteiger partial charge in [-0.15, -0.1) is 0 Å². The van der Waals surface area contributed by atoms with Crippen molar-refractivity contribution in [3.05, 3.63) is 60.6 Å². The molecule has 0 atom stereocenters. The summed E-state index contributed by atoms with van der Waals surface area (Å²) in [7, 11) is 4.55. The second-order valence-electron chi connectivity index (χ2n) is 6.09. The number of benzene rings is 2. The predicted molar refractivity (Wildman–Crippen MR) is 105 cm³/mol. The molecular weight excluding hydrogens is 358 g/mol. The Bertz CT molecular complexity index is 1130. The number of carbonyl (C=O) groups excluding carboxylic acids is 1. The zero-order valence-corrected chi connectivity index (χ0v) is 15.7. The van der Waals surface area contributed by atoms with Gasteiger partial charge in [0.2, 0.25) is 5.75 Å². The number of aromatic amines is 1. The van der Waals surface area contributed by atoms with Crippen LogP contribution in [0.5, 0.6) is 17.2 Å². The van der Waals surface area contributed by atoms with Crippen LogP contribution in [0.1, 0.15) is 10.4 Å². The highest BCUT2D eigenvalue weighted by Crippen LogP contribution is 2.38. The van der Waals surface area contributed by atoms with Gasteiger partial charge in [0.15, 0.2) is 11.5 Å². The summed E-state index contributed by atoms with van der Waals surface area (Å²) in [5, 5.41) is 0.993. The number of fused-ring (bicyclic) bond motifs is 1. The Morgan fingerprint density at radius 3 is 2.43 bits per heavy atom. The monoisotopic (exact) mass is 377 g/mol. The molecule has 0 aliphatic carbocycles. The van der Waals surface area contributed by atoms with Gasteiger partial charge in [-0.25, -0.2) is 4.98 Å². The summed E-state index contributed by atoms with van der Waals surface area (Å²) in [5.74, 6) is 1.56. The summed E-state index contributed by atoms with van der Waals surface area (Å²) in [6.07, 6.45) is 5.10. The second kappa shape index (κ2) is 7.11. The van der Waals surface area contributed by atoms with Gasteiger partial charge in [-0.3, -0.25) is 9.36 Å². The van der Waals surface area contributed by atoms with Gasteiger partial charge in [-0.2, -0.15) is 0 Å². The molecule has 0 saturated carbocycles. The van der Waals surface area contributed by atoms with Crippen LogP contribution in [0.25, 0.3) is 22.3 Å². The van der Waals surface area contributed by atoms with Crippen LogP contribution < -0.4 is 14.2 Å². The van der Waals surface area contributed by atoms with E-state index in [1.54, 1.807) is 24.5 Å². The summed E-state index contributed by atoms with van der Waals surface area (Å²) in [4.78, 5) is 20.9. The molecule has 0 fully saturated rings. The first-order valence-corrected chi connectivity index (χ1v) is 8.62. The maximum absolute atomic E-state index is 13.3. The summed E-state index contributed by atoms with van der Waals surface area (Å²) < 4.78 is 17.6. The fourth-order valence-corrected chi connectivity index (χ4v) is 3.27. The highest BCUT2D eigenvalue weighted by Gasteiger charge is 2.21. The van der Waals surface area contributed by atoms with E-state index >= 15 is 0 Å². The molecule has 2 aromatic heterocycles. The van der Waals surface area contributed by atoms with Crippen LogP contribution in [0.4, 0.5) is 0 Å². The quantitative estimate of drug-likeness (QED) is 0.573. The Morgan fingerprint density at radius 1 is 1.04 bits per heavy atom. The van der Waals surface area contributed by atoms with Gasteiger partial charge >= 0.3 is 0 Å². The summed E-state index contributed by atoms with van der Waals surface area (Å²) in [6.45, 7) is 0. The molecule has 7 nitrogen and oxygen atoms in total. The summed E-state index contributed by atoms with van der Waals surface area (Å²) in [6, 6.07) is 11.1. The number of hydrogen-bond acceptors (Lipinski definition) is 5. The SMILES string of the molecule is COc1cc(C(=O)n2ccnc2-c2c[nH]c3ccccc23)cc(OC)c1OC. The van der Waals surface area contributed by atoms with Crippen molar-refractivity contribution in [3.8, 4) is 28.6 Å². The molecule has 1 N–H and O–H groups in total. The van der Waals surface area contributed by atoms with E-state index in [-0.39, 0.29) is 5.91 Å². The van der Waals surface area contributed by atoms with E-state index in [1.807, 2.05) is 30.5 Å². The lowest BCUT2D eigenvalue weighted by Gasteiger charge is -2.14. The van der Waals surface area contributed by atoms with E-state index in [0.717, 1.165) is 16.5 Å². The zero-order valence-electron chi connectivity index (χ0n) is 15.7. The standard InChI is InChI=1S/C21H19N3O4/c1-26-17-10-13(11-18(27-2)19(17)28-3)21(25)24-9-8-22-20(24)15-12-23-16-7-5-4-6-14(15)16/h4-12,23H,1-3H3. The molecule has 2 heterocycles. The zero-order chi connectivity index (χ0) is 19.7. The van der Waals surface area contributed by atoms with E-state index in [0.29, 0.717) is 28.6 Å². The molecule has 4 rings (SSSR count). The molecular formula is C21H19N3O4. The molecule has 28 heavy (non-hydrogen) atoms. The summed E-state index contributed by atoms with van der Waals surface area (Å²) in [5.41, 5.74) is 2.22.